The van der Waals surface area contributed by atoms with Gasteiger partial charge >= 0.3 is 0 Å². The van der Waals surface area contributed by atoms with E-state index in [-0.39, 0.29) is 6.54 Å². The molecule has 0 aliphatic heterocycles. The molecule has 0 unspecified atom stereocenters. The highest BCUT2D eigenvalue weighted by Gasteiger charge is 2.21. The van der Waals surface area contributed by atoms with Crippen LogP contribution in [0.15, 0.2) is 29.4 Å². The molecule has 1 aliphatic rings. The van der Waals surface area contributed by atoms with E-state index in [1.807, 2.05) is 6.92 Å². The number of hydrazone groups is 1. The lowest BCUT2D eigenvalue weighted by molar-refractivity contribution is -0.119. The van der Waals surface area contributed by atoms with Crippen LogP contribution in [0.2, 0.25) is 0 Å². The van der Waals surface area contributed by atoms with Gasteiger partial charge in [0.2, 0.25) is 10.0 Å². The molecule has 0 bridgehead atoms. The molecule has 0 spiro atoms. The molecular weight excluding hydrogens is 366 g/mol. The van der Waals surface area contributed by atoms with Gasteiger partial charge in [0.15, 0.2) is 0 Å². The molecule has 27 heavy (non-hydrogen) atoms. The predicted molar refractivity (Wildman–Crippen MR) is 108 cm³/mol. The second kappa shape index (κ2) is 10.3. The molecule has 8 heteroatoms. The molecule has 1 amide bonds. The van der Waals surface area contributed by atoms with Crippen molar-refractivity contribution in [2.24, 2.45) is 5.10 Å². The molecule has 0 atom stereocenters. The van der Waals surface area contributed by atoms with Gasteiger partial charge in [-0.15, -0.1) is 0 Å². The fraction of sp³-hybridized carbons (Fsp3) is 0.579. The number of hydrogen-bond donors (Lipinski definition) is 1. The Labute approximate surface area is 161 Å². The predicted octanol–water partition coefficient (Wildman–Crippen LogP) is 3.07. The first-order valence-electron chi connectivity index (χ1n) is 9.45. The zero-order valence-electron chi connectivity index (χ0n) is 16.1. The molecule has 0 aromatic heterocycles. The summed E-state index contributed by atoms with van der Waals surface area (Å²) in [7, 11) is -3.61. The summed E-state index contributed by atoms with van der Waals surface area (Å²) in [6.45, 7) is 2.08. The van der Waals surface area contributed by atoms with Crippen molar-refractivity contribution in [3.63, 3.8) is 0 Å². The van der Waals surface area contributed by atoms with E-state index in [4.69, 9.17) is 4.74 Å². The number of nitrogens with zero attached hydrogens (tertiary/aromatic N) is 2. The summed E-state index contributed by atoms with van der Waals surface area (Å²) in [5.74, 6) is 0.193. The minimum Gasteiger partial charge on any atom is -0.494 e. The number of carbonyl (C=O) groups excluding carboxylic acids is 1. The Morgan fingerprint density at radius 1 is 1.11 bits per heavy atom. The Morgan fingerprint density at radius 2 is 1.70 bits per heavy atom. The molecule has 7 nitrogen and oxygen atoms in total. The first-order chi connectivity index (χ1) is 12.9. The highest BCUT2D eigenvalue weighted by molar-refractivity contribution is 7.92. The minimum atomic E-state index is -3.61. The van der Waals surface area contributed by atoms with E-state index in [0.717, 1.165) is 42.0 Å². The summed E-state index contributed by atoms with van der Waals surface area (Å²) < 4.78 is 30.7. The van der Waals surface area contributed by atoms with Crippen LogP contribution in [0.25, 0.3) is 0 Å². The van der Waals surface area contributed by atoms with Gasteiger partial charge in [-0.25, -0.2) is 13.8 Å². The van der Waals surface area contributed by atoms with Gasteiger partial charge in [-0.3, -0.25) is 9.10 Å². The summed E-state index contributed by atoms with van der Waals surface area (Å²) in [5, 5.41) is 4.23. The number of amides is 1. The molecule has 1 saturated carbocycles. The average molecular weight is 396 g/mol. The summed E-state index contributed by atoms with van der Waals surface area (Å²) >= 11 is 0. The summed E-state index contributed by atoms with van der Waals surface area (Å²) in [5.41, 5.74) is 3.92. The van der Waals surface area contributed by atoms with Gasteiger partial charge in [0, 0.05) is 5.71 Å². The van der Waals surface area contributed by atoms with Crippen LogP contribution >= 0.6 is 0 Å². The smallest absolute Gasteiger partial charge is 0.260 e. The fourth-order valence-electron chi connectivity index (χ4n) is 3.01. The molecular formula is C19H29N3O4S. The highest BCUT2D eigenvalue weighted by atomic mass is 32.2. The molecule has 1 aromatic carbocycles. The quantitative estimate of drug-likeness (QED) is 0.719. The number of anilines is 1. The van der Waals surface area contributed by atoms with Gasteiger partial charge in [-0.1, -0.05) is 19.3 Å². The summed E-state index contributed by atoms with van der Waals surface area (Å²) in [6.07, 6.45) is 8.64. The number of ether oxygens (including phenoxy) is 1. The maximum Gasteiger partial charge on any atom is 0.260 e. The largest absolute Gasteiger partial charge is 0.494 e. The second-order valence-corrected chi connectivity index (χ2v) is 8.58. The van der Waals surface area contributed by atoms with Crippen LogP contribution in [0.1, 0.15) is 51.9 Å². The second-order valence-electron chi connectivity index (χ2n) is 6.68. The molecule has 1 aliphatic carbocycles. The van der Waals surface area contributed by atoms with E-state index >= 15 is 0 Å². The number of hydrogen-bond acceptors (Lipinski definition) is 5. The Balaban J connectivity index is 2.03. The number of sulfonamides is 1. The van der Waals surface area contributed by atoms with Gasteiger partial charge < -0.3 is 4.74 Å². The van der Waals surface area contributed by atoms with Gasteiger partial charge in [0.05, 0.1) is 18.6 Å². The molecule has 150 valence electrons. The lowest BCUT2D eigenvalue weighted by Gasteiger charge is -2.21. The third kappa shape index (κ3) is 7.21. The normalized spacial score (nSPS) is 15.4. The molecule has 1 aromatic rings. The Bertz CT molecular complexity index is 735. The van der Waals surface area contributed by atoms with Crippen molar-refractivity contribution in [2.45, 2.75) is 51.9 Å². The van der Waals surface area contributed by atoms with Crippen LogP contribution in [0.5, 0.6) is 5.75 Å². The van der Waals surface area contributed by atoms with Crippen LogP contribution in [0.3, 0.4) is 0 Å². The molecule has 0 heterocycles. The van der Waals surface area contributed by atoms with Gasteiger partial charge in [-0.2, -0.15) is 5.10 Å². The maximum absolute atomic E-state index is 12.3. The van der Waals surface area contributed by atoms with E-state index in [2.05, 4.69) is 10.5 Å². The summed E-state index contributed by atoms with van der Waals surface area (Å²) in [6, 6.07) is 6.62. The zero-order valence-corrected chi connectivity index (χ0v) is 16.9. The number of carbonyl (C=O) groups is 1. The standard InChI is InChI=1S/C19H29N3O4S/c1-3-26-18-13-11-17(12-14-18)22(27(2,24)25)15-19(23)21-20-16-9-7-5-4-6-8-10-16/h11-14H,3-10,15H2,1-2H3,(H,21,23). The Kier molecular flexibility index (Phi) is 8.09. The van der Waals surface area contributed by atoms with Gasteiger partial charge in [0.25, 0.3) is 5.91 Å². The lowest BCUT2D eigenvalue weighted by Crippen LogP contribution is -2.39. The third-order valence-corrected chi connectivity index (χ3v) is 5.53. The Morgan fingerprint density at radius 3 is 2.26 bits per heavy atom. The van der Waals surface area contributed by atoms with E-state index in [0.29, 0.717) is 18.0 Å². The van der Waals surface area contributed by atoms with Crippen LogP contribution < -0.4 is 14.5 Å². The fourth-order valence-corrected chi connectivity index (χ4v) is 3.86. The average Bonchev–Trinajstić information content (AvgIpc) is 2.59. The van der Waals surface area contributed by atoms with Crippen LogP contribution in [-0.4, -0.2) is 39.4 Å². The van der Waals surface area contributed by atoms with Gasteiger partial charge in [0.1, 0.15) is 12.3 Å². The molecule has 0 radical (unpaired) electrons. The third-order valence-electron chi connectivity index (χ3n) is 4.39. The van der Waals surface area contributed by atoms with E-state index in [1.165, 1.54) is 19.3 Å². The summed E-state index contributed by atoms with van der Waals surface area (Å²) in [4.78, 5) is 12.3. The minimum absolute atomic E-state index is 0.316. The van der Waals surface area contributed by atoms with Crippen molar-refractivity contribution in [1.29, 1.82) is 0 Å². The van der Waals surface area contributed by atoms with E-state index in [1.54, 1.807) is 24.3 Å². The van der Waals surface area contributed by atoms with Crippen molar-refractivity contribution >= 4 is 27.3 Å². The monoisotopic (exact) mass is 395 g/mol. The van der Waals surface area contributed by atoms with Crippen molar-refractivity contribution < 1.29 is 17.9 Å². The molecule has 0 saturated heterocycles. The van der Waals surface area contributed by atoms with Crippen molar-refractivity contribution in [1.82, 2.24) is 5.43 Å². The first kappa shape index (κ1) is 21.2. The van der Waals surface area contributed by atoms with Crippen LogP contribution in [0, 0.1) is 0 Å². The number of nitrogens with one attached hydrogen (secondary N) is 1. The highest BCUT2D eigenvalue weighted by Crippen LogP contribution is 2.21. The molecule has 2 rings (SSSR count). The van der Waals surface area contributed by atoms with Crippen LogP contribution in [-0.2, 0) is 14.8 Å². The Hall–Kier alpha value is -2.09. The topological polar surface area (TPSA) is 88.1 Å². The maximum atomic E-state index is 12.3. The van der Waals surface area contributed by atoms with E-state index < -0.39 is 15.9 Å². The van der Waals surface area contributed by atoms with E-state index in [9.17, 15) is 13.2 Å². The zero-order chi connectivity index (χ0) is 19.7. The number of rotatable bonds is 7. The van der Waals surface area contributed by atoms with Crippen molar-refractivity contribution in [3.8, 4) is 5.75 Å². The molecule has 1 N–H and O–H groups in total. The molecule has 1 fully saturated rings. The van der Waals surface area contributed by atoms with Gasteiger partial charge in [-0.05, 0) is 56.9 Å². The van der Waals surface area contributed by atoms with Crippen molar-refractivity contribution in [2.75, 3.05) is 23.7 Å². The first-order valence-corrected chi connectivity index (χ1v) is 11.3. The SMILES string of the molecule is CCOc1ccc(N(CC(=O)NN=C2CCCCCCC2)S(C)(=O)=O)cc1. The lowest BCUT2D eigenvalue weighted by atomic mass is 9.99. The van der Waals surface area contributed by atoms with Crippen LogP contribution in [0.4, 0.5) is 5.69 Å². The number of benzene rings is 1. The van der Waals surface area contributed by atoms with Crippen molar-refractivity contribution in [3.05, 3.63) is 24.3 Å².